The highest BCUT2D eigenvalue weighted by molar-refractivity contribution is 7.08. The second-order valence-corrected chi connectivity index (χ2v) is 5.90. The predicted octanol–water partition coefficient (Wildman–Crippen LogP) is 2.51. The van der Waals surface area contributed by atoms with Crippen LogP contribution in [0.25, 0.3) is 0 Å². The minimum absolute atomic E-state index is 0.000463. The molecule has 0 spiro atoms. The maximum Gasteiger partial charge on any atom is 0.460 e. The van der Waals surface area contributed by atoms with E-state index in [1.165, 1.54) is 24.8 Å². The fraction of sp³-hybridized carbons (Fsp3) is 0.692. The van der Waals surface area contributed by atoms with E-state index in [0.29, 0.717) is 11.7 Å². The molecular formula is C13H20BNO2S. The van der Waals surface area contributed by atoms with Crippen LogP contribution in [-0.4, -0.2) is 33.4 Å². The van der Waals surface area contributed by atoms with Crippen LogP contribution in [0.5, 0.6) is 0 Å². The van der Waals surface area contributed by atoms with Gasteiger partial charge in [0.15, 0.2) is 0 Å². The van der Waals surface area contributed by atoms with Crippen molar-refractivity contribution >= 4 is 18.5 Å². The van der Waals surface area contributed by atoms with Crippen molar-refractivity contribution < 1.29 is 9.31 Å². The van der Waals surface area contributed by atoms with E-state index in [4.69, 9.17) is 9.31 Å². The predicted molar refractivity (Wildman–Crippen MR) is 75.2 cm³/mol. The smallest absolute Gasteiger partial charge is 0.410 e. The highest BCUT2D eigenvalue weighted by Gasteiger charge is 2.40. The Kier molecular flexibility index (Phi) is 4.36. The van der Waals surface area contributed by atoms with Crippen molar-refractivity contribution in [1.82, 2.24) is 5.32 Å². The highest BCUT2D eigenvalue weighted by atomic mass is 32.1. The lowest BCUT2D eigenvalue weighted by atomic mass is 9.64. The molecule has 3 rings (SSSR count). The van der Waals surface area contributed by atoms with Crippen LogP contribution in [0.2, 0.25) is 5.82 Å². The molecule has 1 aliphatic carbocycles. The molecule has 3 nitrogen and oxygen atoms in total. The summed E-state index contributed by atoms with van der Waals surface area (Å²) in [4.78, 5) is 0. The van der Waals surface area contributed by atoms with Gasteiger partial charge in [-0.25, -0.2) is 0 Å². The fourth-order valence-corrected chi connectivity index (χ4v) is 3.85. The van der Waals surface area contributed by atoms with Gasteiger partial charge in [0.25, 0.3) is 0 Å². The molecule has 18 heavy (non-hydrogen) atoms. The van der Waals surface area contributed by atoms with Crippen LogP contribution in [0.15, 0.2) is 16.8 Å². The third-order valence-corrected chi connectivity index (χ3v) is 4.71. The largest absolute Gasteiger partial charge is 0.460 e. The summed E-state index contributed by atoms with van der Waals surface area (Å²) < 4.78 is 11.8. The van der Waals surface area contributed by atoms with Gasteiger partial charge in [0.1, 0.15) is 0 Å². The lowest BCUT2D eigenvalue weighted by Gasteiger charge is -2.26. The molecule has 1 aromatic rings. The molecule has 1 saturated carbocycles. The van der Waals surface area contributed by atoms with E-state index in [1.54, 1.807) is 11.3 Å². The zero-order chi connectivity index (χ0) is 12.2. The minimum atomic E-state index is -0.000463. The summed E-state index contributed by atoms with van der Waals surface area (Å²) in [5, 5.41) is 7.75. The van der Waals surface area contributed by atoms with Crippen molar-refractivity contribution in [2.24, 2.45) is 0 Å². The molecule has 2 aliphatic rings. The molecule has 1 aromatic heterocycles. The molecule has 2 heterocycles. The summed E-state index contributed by atoms with van der Waals surface area (Å²) in [6.07, 6.45) is 3.81. The van der Waals surface area contributed by atoms with Crippen LogP contribution in [0, 0.1) is 0 Å². The lowest BCUT2D eigenvalue weighted by molar-refractivity contribution is 0.168. The van der Waals surface area contributed by atoms with E-state index >= 15 is 0 Å². The molecule has 98 valence electrons. The van der Waals surface area contributed by atoms with Gasteiger partial charge < -0.3 is 14.6 Å². The first-order valence-electron chi connectivity index (χ1n) is 6.91. The number of nitrogens with one attached hydrogen (secondary N) is 1. The zero-order valence-corrected chi connectivity index (χ0v) is 11.5. The summed E-state index contributed by atoms with van der Waals surface area (Å²) in [6, 6.07) is 2.26. The summed E-state index contributed by atoms with van der Waals surface area (Å²) in [5.41, 5.74) is 1.48. The van der Waals surface area contributed by atoms with Gasteiger partial charge >= 0.3 is 7.12 Å². The second-order valence-electron chi connectivity index (χ2n) is 5.12. The normalized spacial score (nSPS) is 30.1. The first kappa shape index (κ1) is 12.7. The van der Waals surface area contributed by atoms with Crippen LogP contribution in [-0.2, 0) is 9.31 Å². The first-order chi connectivity index (χ1) is 8.95. The van der Waals surface area contributed by atoms with Gasteiger partial charge in [-0.1, -0.05) is 12.8 Å². The number of rotatable bonds is 2. The minimum Gasteiger partial charge on any atom is -0.410 e. The van der Waals surface area contributed by atoms with E-state index in [9.17, 15) is 0 Å². The van der Waals surface area contributed by atoms with Gasteiger partial charge in [-0.3, -0.25) is 0 Å². The molecule has 2 atom stereocenters. The molecule has 0 amide bonds. The Morgan fingerprint density at radius 3 is 2.78 bits per heavy atom. The topological polar surface area (TPSA) is 30.5 Å². The molecule has 0 aromatic carbocycles. The van der Waals surface area contributed by atoms with Gasteiger partial charge in [0.2, 0.25) is 0 Å². The monoisotopic (exact) mass is 265 g/mol. The van der Waals surface area contributed by atoms with E-state index in [0.717, 1.165) is 26.3 Å². The number of hydrogen-bond donors (Lipinski definition) is 1. The van der Waals surface area contributed by atoms with Crippen LogP contribution in [0.3, 0.4) is 0 Å². The van der Waals surface area contributed by atoms with E-state index in [-0.39, 0.29) is 7.12 Å². The molecule has 1 aliphatic heterocycles. The molecule has 0 bridgehead atoms. The number of hydrogen-bond acceptors (Lipinski definition) is 4. The Hall–Kier alpha value is -0.355. The molecule has 0 radical (unpaired) electrons. The van der Waals surface area contributed by atoms with Crippen molar-refractivity contribution in [1.29, 1.82) is 0 Å². The third-order valence-electron chi connectivity index (χ3n) is 4.01. The Morgan fingerprint density at radius 2 is 2.06 bits per heavy atom. The Balaban J connectivity index is 1.69. The van der Waals surface area contributed by atoms with Gasteiger partial charge in [-0.05, 0) is 34.7 Å². The number of thiophene rings is 1. The maximum atomic E-state index is 5.91. The Bertz CT molecular complexity index is 352. The van der Waals surface area contributed by atoms with Crippen LogP contribution >= 0.6 is 11.3 Å². The van der Waals surface area contributed by atoms with Crippen molar-refractivity contribution in [3.05, 3.63) is 22.4 Å². The van der Waals surface area contributed by atoms with Crippen molar-refractivity contribution in [2.75, 3.05) is 26.3 Å². The second kappa shape index (κ2) is 6.19. The Labute approximate surface area is 113 Å². The van der Waals surface area contributed by atoms with Crippen LogP contribution in [0.4, 0.5) is 0 Å². The lowest BCUT2D eigenvalue weighted by Crippen LogP contribution is -2.38. The first-order valence-corrected chi connectivity index (χ1v) is 7.85. The summed E-state index contributed by atoms with van der Waals surface area (Å²) in [7, 11) is -0.000463. The Morgan fingerprint density at radius 1 is 1.22 bits per heavy atom. The quantitative estimate of drug-likeness (QED) is 0.833. The van der Waals surface area contributed by atoms with Gasteiger partial charge in [-0.2, -0.15) is 11.3 Å². The van der Waals surface area contributed by atoms with Crippen molar-refractivity contribution in [3.8, 4) is 0 Å². The van der Waals surface area contributed by atoms with Gasteiger partial charge in [-0.15, -0.1) is 0 Å². The van der Waals surface area contributed by atoms with E-state index < -0.39 is 0 Å². The van der Waals surface area contributed by atoms with Crippen LogP contribution in [0.1, 0.15) is 30.7 Å². The average molecular weight is 265 g/mol. The van der Waals surface area contributed by atoms with Gasteiger partial charge in [0, 0.05) is 32.1 Å². The molecule has 5 heteroatoms. The highest BCUT2D eigenvalue weighted by Crippen LogP contribution is 2.46. The summed E-state index contributed by atoms with van der Waals surface area (Å²) in [6.45, 7) is 3.40. The SMILES string of the molecule is c1cc(C2CCCC2B2OCCNCCO2)cs1. The van der Waals surface area contributed by atoms with E-state index in [2.05, 4.69) is 22.1 Å². The molecular weight excluding hydrogens is 245 g/mol. The average Bonchev–Trinajstić information content (AvgIpc) is 2.98. The molecule has 1 N–H and O–H groups in total. The molecule has 2 fully saturated rings. The summed E-state index contributed by atoms with van der Waals surface area (Å²) >= 11 is 1.79. The zero-order valence-electron chi connectivity index (χ0n) is 10.6. The van der Waals surface area contributed by atoms with Gasteiger partial charge in [0.05, 0.1) is 0 Å². The van der Waals surface area contributed by atoms with E-state index in [1.807, 2.05) is 0 Å². The molecule has 2 unspecified atom stereocenters. The third kappa shape index (κ3) is 2.80. The van der Waals surface area contributed by atoms with Crippen molar-refractivity contribution in [2.45, 2.75) is 31.0 Å². The maximum absolute atomic E-state index is 5.91. The van der Waals surface area contributed by atoms with Crippen LogP contribution < -0.4 is 5.32 Å². The molecule has 1 saturated heterocycles. The fourth-order valence-electron chi connectivity index (χ4n) is 3.13. The van der Waals surface area contributed by atoms with Crippen molar-refractivity contribution in [3.63, 3.8) is 0 Å². The standard InChI is InChI=1S/C13H20BNO2S/c1-2-12(11-4-9-18-10-11)13(3-1)14-16-7-5-15-6-8-17-14/h4,9-10,12-13,15H,1-3,5-8H2. The summed E-state index contributed by atoms with van der Waals surface area (Å²) in [5.74, 6) is 1.17.